The molecule has 0 amide bonds. The second-order valence-electron chi connectivity index (χ2n) is 5.34. The molecule has 19 heavy (non-hydrogen) atoms. The molecule has 0 aliphatic carbocycles. The first-order valence-corrected chi connectivity index (χ1v) is 8.01. The van der Waals surface area contributed by atoms with Crippen molar-refractivity contribution < 1.29 is 4.74 Å². The molecular formula is C18H32O. The van der Waals surface area contributed by atoms with Crippen LogP contribution in [0.15, 0.2) is 12.3 Å². The highest BCUT2D eigenvalue weighted by Gasteiger charge is 1.99. The summed E-state index contributed by atoms with van der Waals surface area (Å²) in [5, 5.41) is 0. The fourth-order valence-corrected chi connectivity index (χ4v) is 2.18. The summed E-state index contributed by atoms with van der Waals surface area (Å²) in [6.07, 6.45) is 23.5. The predicted molar refractivity (Wildman–Crippen MR) is 85.0 cm³/mol. The van der Waals surface area contributed by atoms with Crippen molar-refractivity contribution in [1.82, 2.24) is 0 Å². The van der Waals surface area contributed by atoms with Crippen LogP contribution in [0.3, 0.4) is 0 Å². The molecule has 0 saturated carbocycles. The minimum absolute atomic E-state index is 0.368. The number of ether oxygens (including phenoxy) is 1. The highest BCUT2D eigenvalue weighted by atomic mass is 16.5. The van der Waals surface area contributed by atoms with E-state index in [0.717, 1.165) is 6.42 Å². The summed E-state index contributed by atoms with van der Waals surface area (Å²) in [6, 6.07) is 0. The van der Waals surface area contributed by atoms with Gasteiger partial charge in [0.15, 0.2) is 0 Å². The van der Waals surface area contributed by atoms with Gasteiger partial charge in [0.25, 0.3) is 0 Å². The van der Waals surface area contributed by atoms with E-state index < -0.39 is 0 Å². The average molecular weight is 264 g/mol. The summed E-state index contributed by atoms with van der Waals surface area (Å²) in [5.74, 6) is 2.70. The standard InChI is InChI=1S/C18H32O/c1-4-6-7-8-9-10-11-12-13-14-15-16-18(3)19-17-5-2/h1,5,17-18H,6-16H2,2-3H3/b17-5-. The molecule has 0 N–H and O–H groups in total. The Morgan fingerprint density at radius 2 is 1.47 bits per heavy atom. The van der Waals surface area contributed by atoms with Crippen LogP contribution in [0.4, 0.5) is 0 Å². The van der Waals surface area contributed by atoms with Gasteiger partial charge in [-0.2, -0.15) is 0 Å². The first kappa shape index (κ1) is 18.1. The van der Waals surface area contributed by atoms with E-state index in [1.807, 2.05) is 13.0 Å². The fraction of sp³-hybridized carbons (Fsp3) is 0.778. The third-order valence-corrected chi connectivity index (χ3v) is 3.38. The summed E-state index contributed by atoms with van der Waals surface area (Å²) in [4.78, 5) is 0. The van der Waals surface area contributed by atoms with E-state index in [0.29, 0.717) is 6.10 Å². The maximum Gasteiger partial charge on any atom is 0.0950 e. The molecule has 1 nitrogen and oxygen atoms in total. The summed E-state index contributed by atoms with van der Waals surface area (Å²) >= 11 is 0. The van der Waals surface area contributed by atoms with E-state index in [9.17, 15) is 0 Å². The highest BCUT2D eigenvalue weighted by molar-refractivity contribution is 4.82. The van der Waals surface area contributed by atoms with Crippen LogP contribution in [0.5, 0.6) is 0 Å². The number of hydrogen-bond acceptors (Lipinski definition) is 1. The number of hydrogen-bond donors (Lipinski definition) is 0. The normalized spacial score (nSPS) is 12.5. The lowest BCUT2D eigenvalue weighted by Gasteiger charge is -2.10. The number of rotatable bonds is 13. The van der Waals surface area contributed by atoms with Crippen molar-refractivity contribution in [3.8, 4) is 12.3 Å². The monoisotopic (exact) mass is 264 g/mol. The minimum atomic E-state index is 0.368. The molecule has 0 saturated heterocycles. The number of terminal acetylenes is 1. The van der Waals surface area contributed by atoms with Crippen LogP contribution >= 0.6 is 0 Å². The summed E-state index contributed by atoms with van der Waals surface area (Å²) in [7, 11) is 0. The van der Waals surface area contributed by atoms with Crippen LogP contribution in [0, 0.1) is 12.3 Å². The van der Waals surface area contributed by atoms with Gasteiger partial charge in [0.05, 0.1) is 12.4 Å². The molecule has 0 aromatic carbocycles. The van der Waals surface area contributed by atoms with Crippen LogP contribution in [0.1, 0.15) is 84.5 Å². The first-order chi connectivity index (χ1) is 9.31. The van der Waals surface area contributed by atoms with E-state index >= 15 is 0 Å². The summed E-state index contributed by atoms with van der Waals surface area (Å²) in [5.41, 5.74) is 0. The van der Waals surface area contributed by atoms with Crippen LogP contribution in [-0.2, 0) is 4.74 Å². The topological polar surface area (TPSA) is 9.23 Å². The minimum Gasteiger partial charge on any atom is -0.499 e. The lowest BCUT2D eigenvalue weighted by atomic mass is 10.0. The molecule has 1 atom stereocenters. The van der Waals surface area contributed by atoms with Crippen molar-refractivity contribution in [3.63, 3.8) is 0 Å². The van der Waals surface area contributed by atoms with E-state index in [1.54, 1.807) is 6.26 Å². The predicted octanol–water partition coefficient (Wildman–Crippen LogP) is 5.85. The number of allylic oxidation sites excluding steroid dienone is 1. The Balaban J connectivity index is 3.08. The van der Waals surface area contributed by atoms with Gasteiger partial charge in [-0.1, -0.05) is 51.0 Å². The van der Waals surface area contributed by atoms with E-state index in [4.69, 9.17) is 11.2 Å². The third-order valence-electron chi connectivity index (χ3n) is 3.38. The molecule has 0 rings (SSSR count). The van der Waals surface area contributed by atoms with E-state index in [1.165, 1.54) is 64.2 Å². The Labute approximate surface area is 120 Å². The van der Waals surface area contributed by atoms with Crippen LogP contribution in [0.2, 0.25) is 0 Å². The third kappa shape index (κ3) is 15.0. The smallest absolute Gasteiger partial charge is 0.0950 e. The van der Waals surface area contributed by atoms with Crippen molar-refractivity contribution >= 4 is 0 Å². The van der Waals surface area contributed by atoms with E-state index in [-0.39, 0.29) is 0 Å². The van der Waals surface area contributed by atoms with Gasteiger partial charge in [-0.25, -0.2) is 0 Å². The quantitative estimate of drug-likeness (QED) is 0.230. The Hall–Kier alpha value is -0.900. The lowest BCUT2D eigenvalue weighted by molar-refractivity contribution is 0.149. The molecule has 0 fully saturated rings. The lowest BCUT2D eigenvalue weighted by Crippen LogP contribution is -2.03. The van der Waals surface area contributed by atoms with Crippen LogP contribution < -0.4 is 0 Å². The molecule has 0 aromatic rings. The van der Waals surface area contributed by atoms with Gasteiger partial charge < -0.3 is 4.74 Å². The molecule has 0 aliphatic rings. The molecule has 0 bridgehead atoms. The van der Waals surface area contributed by atoms with Crippen LogP contribution in [0.25, 0.3) is 0 Å². The molecule has 110 valence electrons. The van der Waals surface area contributed by atoms with Crippen molar-refractivity contribution in [3.05, 3.63) is 12.3 Å². The zero-order valence-electron chi connectivity index (χ0n) is 13.0. The molecule has 1 unspecified atom stereocenters. The maximum atomic E-state index is 5.49. The van der Waals surface area contributed by atoms with Crippen molar-refractivity contribution in [1.29, 1.82) is 0 Å². The molecule has 0 radical (unpaired) electrons. The molecule has 0 aliphatic heterocycles. The molecule has 0 aromatic heterocycles. The van der Waals surface area contributed by atoms with Gasteiger partial charge in [-0.05, 0) is 33.1 Å². The van der Waals surface area contributed by atoms with Gasteiger partial charge in [-0.15, -0.1) is 12.3 Å². The fourth-order valence-electron chi connectivity index (χ4n) is 2.18. The Bertz CT molecular complexity index is 237. The van der Waals surface area contributed by atoms with Crippen LogP contribution in [-0.4, -0.2) is 6.10 Å². The summed E-state index contributed by atoms with van der Waals surface area (Å²) < 4.78 is 5.49. The van der Waals surface area contributed by atoms with Gasteiger partial charge in [-0.3, -0.25) is 0 Å². The van der Waals surface area contributed by atoms with Crippen molar-refractivity contribution in [2.45, 2.75) is 90.6 Å². The van der Waals surface area contributed by atoms with Gasteiger partial charge in [0.1, 0.15) is 0 Å². The zero-order chi connectivity index (χ0) is 14.2. The van der Waals surface area contributed by atoms with E-state index in [2.05, 4.69) is 12.8 Å². The molecule has 0 heterocycles. The van der Waals surface area contributed by atoms with Gasteiger partial charge in [0, 0.05) is 6.42 Å². The average Bonchev–Trinajstić information content (AvgIpc) is 2.42. The largest absolute Gasteiger partial charge is 0.499 e. The maximum absolute atomic E-state index is 5.49. The second kappa shape index (κ2) is 15.2. The molecule has 1 heteroatoms. The zero-order valence-corrected chi connectivity index (χ0v) is 13.0. The Kier molecular flexibility index (Phi) is 14.4. The Morgan fingerprint density at radius 1 is 0.947 bits per heavy atom. The van der Waals surface area contributed by atoms with Gasteiger partial charge in [0.2, 0.25) is 0 Å². The molecule has 0 spiro atoms. The summed E-state index contributed by atoms with van der Waals surface area (Å²) in [6.45, 7) is 4.13. The first-order valence-electron chi connectivity index (χ1n) is 8.01. The second-order valence-corrected chi connectivity index (χ2v) is 5.34. The SMILES string of the molecule is C#CCCCCCCCCCCCC(C)O/C=C\C. The van der Waals surface area contributed by atoms with Gasteiger partial charge >= 0.3 is 0 Å². The Morgan fingerprint density at radius 3 is 2.00 bits per heavy atom. The molecular weight excluding hydrogens is 232 g/mol. The highest BCUT2D eigenvalue weighted by Crippen LogP contribution is 2.12. The van der Waals surface area contributed by atoms with Crippen molar-refractivity contribution in [2.24, 2.45) is 0 Å². The number of unbranched alkanes of at least 4 members (excludes halogenated alkanes) is 9. The van der Waals surface area contributed by atoms with Crippen molar-refractivity contribution in [2.75, 3.05) is 0 Å².